The first-order chi connectivity index (χ1) is 13.2. The molecule has 0 aromatic heterocycles. The lowest BCUT2D eigenvalue weighted by Gasteiger charge is -2.09. The van der Waals surface area contributed by atoms with E-state index in [2.05, 4.69) is 10.6 Å². The van der Waals surface area contributed by atoms with Crippen molar-refractivity contribution in [2.45, 2.75) is 40.5 Å². The van der Waals surface area contributed by atoms with Crippen LogP contribution in [0.3, 0.4) is 0 Å². The summed E-state index contributed by atoms with van der Waals surface area (Å²) >= 11 is 0. The van der Waals surface area contributed by atoms with Gasteiger partial charge in [0, 0.05) is 17.8 Å². The van der Waals surface area contributed by atoms with Crippen LogP contribution in [0.1, 0.15) is 35.1 Å². The Balaban J connectivity index is 1.72. The molecule has 0 saturated carbocycles. The van der Waals surface area contributed by atoms with E-state index in [1.54, 1.807) is 0 Å². The third kappa shape index (κ3) is 6.87. The number of benzene rings is 2. The molecule has 0 radical (unpaired) electrons. The highest BCUT2D eigenvalue weighted by atomic mass is 16.5. The zero-order valence-electron chi connectivity index (χ0n) is 16.7. The van der Waals surface area contributed by atoms with Crippen LogP contribution in [0.25, 0.3) is 0 Å². The molecule has 6 heteroatoms. The number of esters is 1. The smallest absolute Gasteiger partial charge is 0.306 e. The summed E-state index contributed by atoms with van der Waals surface area (Å²) < 4.78 is 4.94. The molecule has 0 saturated heterocycles. The van der Waals surface area contributed by atoms with Gasteiger partial charge in [-0.3, -0.25) is 14.4 Å². The van der Waals surface area contributed by atoms with E-state index in [0.717, 1.165) is 22.3 Å². The molecular formula is C22H26N2O4. The van der Waals surface area contributed by atoms with Crippen molar-refractivity contribution in [3.8, 4) is 0 Å². The van der Waals surface area contributed by atoms with Crippen LogP contribution in [0.15, 0.2) is 36.4 Å². The summed E-state index contributed by atoms with van der Waals surface area (Å²) in [6, 6.07) is 11.3. The summed E-state index contributed by atoms with van der Waals surface area (Å²) in [6.07, 6.45) is -0.0992. The average Bonchev–Trinajstić information content (AvgIpc) is 2.60. The largest absolute Gasteiger partial charge is 0.456 e. The average molecular weight is 382 g/mol. The number of rotatable bonds is 7. The van der Waals surface area contributed by atoms with Gasteiger partial charge in [0.05, 0.1) is 6.42 Å². The van der Waals surface area contributed by atoms with Crippen molar-refractivity contribution in [1.29, 1.82) is 0 Å². The summed E-state index contributed by atoms with van der Waals surface area (Å²) in [4.78, 5) is 35.7. The first-order valence-electron chi connectivity index (χ1n) is 9.14. The second-order valence-corrected chi connectivity index (χ2v) is 6.93. The van der Waals surface area contributed by atoms with Gasteiger partial charge in [0.25, 0.3) is 5.91 Å². The second-order valence-electron chi connectivity index (χ2n) is 6.93. The number of carbonyl (C=O) groups is 3. The van der Waals surface area contributed by atoms with Gasteiger partial charge in [0.1, 0.15) is 0 Å². The molecule has 0 spiro atoms. The summed E-state index contributed by atoms with van der Waals surface area (Å²) in [6.45, 7) is 7.45. The number of aryl methyl sites for hydroxylation is 4. The van der Waals surface area contributed by atoms with Crippen molar-refractivity contribution in [3.63, 3.8) is 0 Å². The van der Waals surface area contributed by atoms with Gasteiger partial charge in [0.15, 0.2) is 6.61 Å². The molecule has 2 N–H and O–H groups in total. The van der Waals surface area contributed by atoms with Crippen molar-refractivity contribution in [2.75, 3.05) is 17.2 Å². The summed E-state index contributed by atoms with van der Waals surface area (Å²) in [5.41, 5.74) is 5.62. The molecule has 0 bridgehead atoms. The fourth-order valence-corrected chi connectivity index (χ4v) is 2.72. The Labute approximate surface area is 165 Å². The fourth-order valence-electron chi connectivity index (χ4n) is 2.72. The lowest BCUT2D eigenvalue weighted by molar-refractivity contribution is -0.147. The first-order valence-corrected chi connectivity index (χ1v) is 9.14. The van der Waals surface area contributed by atoms with E-state index in [9.17, 15) is 14.4 Å². The fraction of sp³-hybridized carbons (Fsp3) is 0.318. The van der Waals surface area contributed by atoms with Gasteiger partial charge in [0.2, 0.25) is 5.91 Å². The van der Waals surface area contributed by atoms with Crippen LogP contribution in [-0.4, -0.2) is 24.4 Å². The quantitative estimate of drug-likeness (QED) is 0.713. The van der Waals surface area contributed by atoms with E-state index in [1.807, 2.05) is 64.1 Å². The minimum Gasteiger partial charge on any atom is -0.456 e. The lowest BCUT2D eigenvalue weighted by Crippen LogP contribution is -2.22. The predicted octanol–water partition coefficient (Wildman–Crippen LogP) is 3.82. The molecule has 0 fully saturated rings. The molecule has 0 unspecified atom stereocenters. The Morgan fingerprint density at radius 1 is 0.750 bits per heavy atom. The van der Waals surface area contributed by atoms with E-state index < -0.39 is 11.9 Å². The number of hydrogen-bond donors (Lipinski definition) is 2. The zero-order chi connectivity index (χ0) is 20.7. The van der Waals surface area contributed by atoms with Gasteiger partial charge in [-0.15, -0.1) is 0 Å². The maximum Gasteiger partial charge on any atom is 0.306 e. The standard InChI is InChI=1S/C22H26N2O4/c1-14-9-15(2)11-19(10-14)24-21(26)13-28-22(27)8-7-20(25)23-18-6-5-16(3)17(4)12-18/h5-6,9-12H,7-8,13H2,1-4H3,(H,23,25)(H,24,26). The third-order valence-electron chi connectivity index (χ3n) is 4.22. The topological polar surface area (TPSA) is 84.5 Å². The lowest BCUT2D eigenvalue weighted by atomic mass is 10.1. The zero-order valence-corrected chi connectivity index (χ0v) is 16.7. The van der Waals surface area contributed by atoms with E-state index in [1.165, 1.54) is 0 Å². The number of carbonyl (C=O) groups excluding carboxylic acids is 3. The highest BCUT2D eigenvalue weighted by Crippen LogP contribution is 2.15. The maximum atomic E-state index is 12.0. The monoisotopic (exact) mass is 382 g/mol. The molecule has 0 heterocycles. The Kier molecular flexibility index (Phi) is 7.32. The summed E-state index contributed by atoms with van der Waals surface area (Å²) in [5, 5.41) is 5.44. The van der Waals surface area contributed by atoms with Crippen molar-refractivity contribution < 1.29 is 19.1 Å². The van der Waals surface area contributed by atoms with Crippen molar-refractivity contribution in [1.82, 2.24) is 0 Å². The molecule has 2 amide bonds. The molecule has 2 aromatic rings. The molecule has 148 valence electrons. The normalized spacial score (nSPS) is 10.3. The van der Waals surface area contributed by atoms with Crippen LogP contribution in [0, 0.1) is 27.7 Å². The number of nitrogens with one attached hydrogen (secondary N) is 2. The first kappa shape index (κ1) is 21.2. The minimum atomic E-state index is -0.592. The maximum absolute atomic E-state index is 12.0. The van der Waals surface area contributed by atoms with E-state index >= 15 is 0 Å². The van der Waals surface area contributed by atoms with Gasteiger partial charge < -0.3 is 15.4 Å². The van der Waals surface area contributed by atoms with Gasteiger partial charge in [-0.2, -0.15) is 0 Å². The summed E-state index contributed by atoms with van der Waals surface area (Å²) in [7, 11) is 0. The number of anilines is 2. The van der Waals surface area contributed by atoms with Crippen LogP contribution in [0.2, 0.25) is 0 Å². The van der Waals surface area contributed by atoms with Crippen LogP contribution >= 0.6 is 0 Å². The van der Waals surface area contributed by atoms with Crippen LogP contribution < -0.4 is 10.6 Å². The van der Waals surface area contributed by atoms with Crippen molar-refractivity contribution in [2.24, 2.45) is 0 Å². The Bertz CT molecular complexity index is 870. The Morgan fingerprint density at radius 2 is 1.39 bits per heavy atom. The number of ether oxygens (including phenoxy) is 1. The minimum absolute atomic E-state index is 0.00947. The van der Waals surface area contributed by atoms with Gasteiger partial charge in [-0.05, 0) is 74.2 Å². The highest BCUT2D eigenvalue weighted by molar-refractivity contribution is 5.94. The number of amides is 2. The second kappa shape index (κ2) is 9.69. The van der Waals surface area contributed by atoms with Crippen molar-refractivity contribution in [3.05, 3.63) is 58.7 Å². The van der Waals surface area contributed by atoms with E-state index in [0.29, 0.717) is 11.4 Å². The van der Waals surface area contributed by atoms with Crippen molar-refractivity contribution >= 4 is 29.2 Å². The molecule has 0 aliphatic carbocycles. The molecule has 6 nitrogen and oxygen atoms in total. The van der Waals surface area contributed by atoms with Crippen LogP contribution in [-0.2, 0) is 19.1 Å². The van der Waals surface area contributed by atoms with E-state index in [-0.39, 0.29) is 25.4 Å². The molecule has 0 aliphatic rings. The molecule has 28 heavy (non-hydrogen) atoms. The molecule has 2 aromatic carbocycles. The van der Waals surface area contributed by atoms with Gasteiger partial charge in [-0.25, -0.2) is 0 Å². The van der Waals surface area contributed by atoms with Gasteiger partial charge >= 0.3 is 5.97 Å². The van der Waals surface area contributed by atoms with Crippen LogP contribution in [0.4, 0.5) is 11.4 Å². The summed E-state index contributed by atoms with van der Waals surface area (Å²) in [5.74, 6) is -1.29. The molecular weight excluding hydrogens is 356 g/mol. The SMILES string of the molecule is Cc1cc(C)cc(NC(=O)COC(=O)CCC(=O)Nc2ccc(C)c(C)c2)c1. The van der Waals surface area contributed by atoms with E-state index in [4.69, 9.17) is 4.74 Å². The molecule has 2 rings (SSSR count). The predicted molar refractivity (Wildman–Crippen MR) is 109 cm³/mol. The Morgan fingerprint density at radius 3 is 2.04 bits per heavy atom. The van der Waals surface area contributed by atoms with Gasteiger partial charge in [-0.1, -0.05) is 12.1 Å². The number of hydrogen-bond acceptors (Lipinski definition) is 4. The molecule has 0 aliphatic heterocycles. The van der Waals surface area contributed by atoms with Crippen LogP contribution in [0.5, 0.6) is 0 Å². The Hall–Kier alpha value is -3.15. The third-order valence-corrected chi connectivity index (χ3v) is 4.22. The highest BCUT2D eigenvalue weighted by Gasteiger charge is 2.11. The molecule has 0 atom stereocenters.